The number of thiophene rings is 1. The quantitative estimate of drug-likeness (QED) is 0.325. The Labute approximate surface area is 158 Å². The van der Waals surface area contributed by atoms with Crippen LogP contribution in [0, 0.1) is 0 Å². The maximum absolute atomic E-state index is 12.0. The van der Waals surface area contributed by atoms with Crippen molar-refractivity contribution in [1.82, 2.24) is 16.0 Å². The van der Waals surface area contributed by atoms with Crippen LogP contribution in [0.4, 0.5) is 0 Å². The molecule has 26 heavy (non-hydrogen) atoms. The van der Waals surface area contributed by atoms with Crippen LogP contribution in [0.2, 0.25) is 0 Å². The molecule has 1 aromatic heterocycles. The molecule has 0 radical (unpaired) electrons. The van der Waals surface area contributed by atoms with Gasteiger partial charge in [-0.1, -0.05) is 6.92 Å². The van der Waals surface area contributed by atoms with Crippen molar-refractivity contribution in [1.29, 1.82) is 0 Å². The highest BCUT2D eigenvalue weighted by Crippen LogP contribution is 2.17. The Balaban J connectivity index is 1.77. The summed E-state index contributed by atoms with van der Waals surface area (Å²) in [4.78, 5) is 19.2. The van der Waals surface area contributed by atoms with Gasteiger partial charge in [0.05, 0.1) is 6.54 Å². The van der Waals surface area contributed by atoms with E-state index in [0.717, 1.165) is 18.9 Å². The minimum atomic E-state index is -0.167. The van der Waals surface area contributed by atoms with E-state index in [1.807, 2.05) is 6.92 Å². The molecule has 0 aliphatic rings. The zero-order valence-corrected chi connectivity index (χ0v) is 16.0. The molecule has 6 nitrogen and oxygen atoms in total. The number of aryl methyl sites for hydroxylation is 1. The van der Waals surface area contributed by atoms with E-state index >= 15 is 0 Å². The van der Waals surface area contributed by atoms with Crippen LogP contribution in [0.1, 0.15) is 34.0 Å². The van der Waals surface area contributed by atoms with Gasteiger partial charge in [0.25, 0.3) is 5.91 Å². The van der Waals surface area contributed by atoms with Gasteiger partial charge in [0.15, 0.2) is 5.96 Å². The molecule has 0 saturated carbocycles. The van der Waals surface area contributed by atoms with E-state index in [2.05, 4.69) is 40.0 Å². The molecular weight excluding hydrogens is 348 g/mol. The highest BCUT2D eigenvalue weighted by molar-refractivity contribution is 7.11. The first-order chi connectivity index (χ1) is 12.6. The topological polar surface area (TPSA) is 85.8 Å². The van der Waals surface area contributed by atoms with E-state index < -0.39 is 0 Å². The predicted molar refractivity (Wildman–Crippen MR) is 107 cm³/mol. The third-order valence-corrected chi connectivity index (χ3v) is 4.85. The number of guanidine groups is 1. The fraction of sp³-hybridized carbons (Fsp3) is 0.368. The number of carbonyl (C=O) groups is 1. The van der Waals surface area contributed by atoms with Gasteiger partial charge in [-0.05, 0) is 49.7 Å². The summed E-state index contributed by atoms with van der Waals surface area (Å²) in [6.07, 6.45) is 1.05. The molecule has 1 aromatic carbocycles. The number of phenolic OH excluding ortho intramolecular Hbond substituents is 1. The smallest absolute Gasteiger partial charge is 0.251 e. The molecule has 2 rings (SSSR count). The third-order valence-electron chi connectivity index (χ3n) is 3.64. The second-order valence-corrected chi connectivity index (χ2v) is 6.90. The van der Waals surface area contributed by atoms with Crippen LogP contribution < -0.4 is 16.0 Å². The van der Waals surface area contributed by atoms with Crippen molar-refractivity contribution < 1.29 is 9.90 Å². The second-order valence-electron chi connectivity index (χ2n) is 5.65. The molecule has 4 N–H and O–H groups in total. The number of aromatic hydroxyl groups is 1. The maximum atomic E-state index is 12.0. The van der Waals surface area contributed by atoms with Crippen molar-refractivity contribution in [3.05, 3.63) is 51.7 Å². The summed E-state index contributed by atoms with van der Waals surface area (Å²) in [7, 11) is 0. The van der Waals surface area contributed by atoms with Gasteiger partial charge in [-0.2, -0.15) is 0 Å². The van der Waals surface area contributed by atoms with Crippen molar-refractivity contribution >= 4 is 23.2 Å². The molecule has 0 spiro atoms. The standard InChI is InChI=1S/C19H26N4O2S/c1-3-16-9-10-17(26-16)13-23-19(20-4-2)22-12-11-21-18(25)14-5-7-15(24)8-6-14/h5-10,24H,3-4,11-13H2,1-2H3,(H,21,25)(H2,20,22,23). The Kier molecular flexibility index (Phi) is 7.95. The number of aliphatic imine (C=N–C) groups is 1. The van der Waals surface area contributed by atoms with Gasteiger partial charge < -0.3 is 21.1 Å². The fourth-order valence-corrected chi connectivity index (χ4v) is 3.15. The molecule has 0 saturated heterocycles. The number of phenols is 1. The molecule has 0 aliphatic carbocycles. The van der Waals surface area contributed by atoms with Crippen LogP contribution in [-0.2, 0) is 13.0 Å². The molecule has 1 amide bonds. The second kappa shape index (κ2) is 10.5. The number of carbonyl (C=O) groups excluding carboxylic acids is 1. The van der Waals surface area contributed by atoms with Crippen LogP contribution in [0.25, 0.3) is 0 Å². The highest BCUT2D eigenvalue weighted by atomic mass is 32.1. The number of amides is 1. The molecule has 2 aromatic rings. The first kappa shape index (κ1) is 19.8. The van der Waals surface area contributed by atoms with Gasteiger partial charge in [0, 0.05) is 35.0 Å². The molecule has 140 valence electrons. The number of hydrogen-bond acceptors (Lipinski definition) is 4. The number of nitrogens with zero attached hydrogens (tertiary/aromatic N) is 1. The summed E-state index contributed by atoms with van der Waals surface area (Å²) in [5.41, 5.74) is 0.521. The zero-order valence-electron chi connectivity index (χ0n) is 15.2. The van der Waals surface area contributed by atoms with Gasteiger partial charge in [0.1, 0.15) is 5.75 Å². The Morgan fingerprint density at radius 3 is 2.35 bits per heavy atom. The van der Waals surface area contributed by atoms with Crippen LogP contribution >= 0.6 is 11.3 Å². The van der Waals surface area contributed by atoms with Gasteiger partial charge in [-0.25, -0.2) is 4.99 Å². The zero-order chi connectivity index (χ0) is 18.8. The van der Waals surface area contributed by atoms with Crippen molar-refractivity contribution in [2.24, 2.45) is 4.99 Å². The van der Waals surface area contributed by atoms with E-state index in [0.29, 0.717) is 25.2 Å². The van der Waals surface area contributed by atoms with Crippen molar-refractivity contribution in [2.75, 3.05) is 19.6 Å². The van der Waals surface area contributed by atoms with Gasteiger partial charge in [0.2, 0.25) is 0 Å². The van der Waals surface area contributed by atoms with E-state index in [-0.39, 0.29) is 11.7 Å². The van der Waals surface area contributed by atoms with Crippen molar-refractivity contribution in [3.63, 3.8) is 0 Å². The summed E-state index contributed by atoms with van der Waals surface area (Å²) in [5, 5.41) is 18.5. The van der Waals surface area contributed by atoms with Crippen molar-refractivity contribution in [2.45, 2.75) is 26.8 Å². The van der Waals surface area contributed by atoms with Crippen LogP contribution in [0.15, 0.2) is 41.4 Å². The monoisotopic (exact) mass is 374 g/mol. The Hall–Kier alpha value is -2.54. The number of benzene rings is 1. The number of rotatable bonds is 8. The van der Waals surface area contributed by atoms with Gasteiger partial charge in [-0.15, -0.1) is 11.3 Å². The SMILES string of the molecule is CCNC(=NCc1ccc(CC)s1)NCCNC(=O)c1ccc(O)cc1. The predicted octanol–water partition coefficient (Wildman–Crippen LogP) is 2.50. The van der Waals surface area contributed by atoms with Crippen LogP contribution in [-0.4, -0.2) is 36.6 Å². The summed E-state index contributed by atoms with van der Waals surface area (Å²) >= 11 is 1.79. The van der Waals surface area contributed by atoms with Crippen LogP contribution in [0.5, 0.6) is 5.75 Å². The Morgan fingerprint density at radius 1 is 1.00 bits per heavy atom. The van der Waals surface area contributed by atoms with E-state index in [1.54, 1.807) is 23.5 Å². The summed E-state index contributed by atoms with van der Waals surface area (Å²) < 4.78 is 0. The van der Waals surface area contributed by atoms with E-state index in [9.17, 15) is 9.90 Å². The lowest BCUT2D eigenvalue weighted by Crippen LogP contribution is -2.41. The van der Waals surface area contributed by atoms with Crippen molar-refractivity contribution in [3.8, 4) is 5.75 Å². The lowest BCUT2D eigenvalue weighted by atomic mass is 10.2. The third kappa shape index (κ3) is 6.40. The molecule has 0 unspecified atom stereocenters. The van der Waals surface area contributed by atoms with Gasteiger partial charge >= 0.3 is 0 Å². The summed E-state index contributed by atoms with van der Waals surface area (Å²) in [6, 6.07) is 10.4. The fourth-order valence-electron chi connectivity index (χ4n) is 2.27. The molecular formula is C19H26N4O2S. The molecule has 0 fully saturated rings. The number of hydrogen-bond donors (Lipinski definition) is 4. The lowest BCUT2D eigenvalue weighted by Gasteiger charge is -2.11. The first-order valence-electron chi connectivity index (χ1n) is 8.79. The number of nitrogens with one attached hydrogen (secondary N) is 3. The maximum Gasteiger partial charge on any atom is 0.251 e. The normalized spacial score (nSPS) is 11.2. The summed E-state index contributed by atoms with van der Waals surface area (Å²) in [6.45, 7) is 6.63. The van der Waals surface area contributed by atoms with Crippen LogP contribution in [0.3, 0.4) is 0 Å². The first-order valence-corrected chi connectivity index (χ1v) is 9.61. The Morgan fingerprint density at radius 2 is 1.69 bits per heavy atom. The molecule has 0 bridgehead atoms. The molecule has 7 heteroatoms. The highest BCUT2D eigenvalue weighted by Gasteiger charge is 2.05. The molecule has 0 aliphatic heterocycles. The van der Waals surface area contributed by atoms with E-state index in [4.69, 9.17) is 0 Å². The average Bonchev–Trinajstić information content (AvgIpc) is 3.11. The lowest BCUT2D eigenvalue weighted by molar-refractivity contribution is 0.0954. The minimum Gasteiger partial charge on any atom is -0.508 e. The Bertz CT molecular complexity index is 725. The summed E-state index contributed by atoms with van der Waals surface area (Å²) in [5.74, 6) is 0.712. The minimum absolute atomic E-state index is 0.145. The largest absolute Gasteiger partial charge is 0.508 e. The van der Waals surface area contributed by atoms with E-state index in [1.165, 1.54) is 21.9 Å². The molecule has 1 heterocycles. The van der Waals surface area contributed by atoms with Gasteiger partial charge in [-0.3, -0.25) is 4.79 Å². The average molecular weight is 375 g/mol. The molecule has 0 atom stereocenters.